The molecule has 0 amide bonds. The van der Waals surface area contributed by atoms with Crippen molar-refractivity contribution in [3.05, 3.63) is 42.2 Å². The molecule has 0 aliphatic heterocycles. The normalized spacial score (nSPS) is 9.00. The van der Waals surface area contributed by atoms with E-state index >= 15 is 0 Å². The first-order valence-electron chi connectivity index (χ1n) is 5.20. The molecule has 0 radical (unpaired) electrons. The van der Waals surface area contributed by atoms with Gasteiger partial charge in [-0.25, -0.2) is 4.98 Å². The zero-order valence-corrected chi connectivity index (χ0v) is 9.43. The number of benzene rings is 1. The fourth-order valence-corrected chi connectivity index (χ4v) is 1.42. The van der Waals surface area contributed by atoms with Crippen molar-refractivity contribution in [3.8, 4) is 17.5 Å². The largest absolute Gasteiger partial charge is 0.342 e. The van der Waals surface area contributed by atoms with E-state index in [4.69, 9.17) is 5.26 Å². The van der Waals surface area contributed by atoms with Crippen LogP contribution in [0.5, 0.6) is 0 Å². The van der Waals surface area contributed by atoms with Gasteiger partial charge in [-0.15, -0.1) is 0 Å². The number of hydrogen-bond acceptors (Lipinski definition) is 4. The third-order valence-electron chi connectivity index (χ3n) is 2.18. The second-order valence-corrected chi connectivity index (χ2v) is 3.28. The molecule has 0 saturated heterocycles. The quantitative estimate of drug-likeness (QED) is 0.545. The van der Waals surface area contributed by atoms with Crippen LogP contribution < -0.4 is 11.7 Å². The molecule has 5 N–H and O–H groups in total. The highest BCUT2D eigenvalue weighted by atomic mass is 15.0. The van der Waals surface area contributed by atoms with Gasteiger partial charge in [0.15, 0.2) is 0 Å². The summed E-state index contributed by atoms with van der Waals surface area (Å²) >= 11 is 0. The predicted octanol–water partition coefficient (Wildman–Crippen LogP) is 1.35. The zero-order valence-electron chi connectivity index (χ0n) is 9.43. The Morgan fingerprint density at radius 3 is 2.59 bits per heavy atom. The average Bonchev–Trinajstić information content (AvgIpc) is 2.88. The lowest BCUT2D eigenvalue weighted by Gasteiger charge is -1.94. The maximum atomic E-state index is 8.47. The van der Waals surface area contributed by atoms with Gasteiger partial charge >= 0.3 is 0 Å². The van der Waals surface area contributed by atoms with Crippen LogP contribution in [-0.4, -0.2) is 9.97 Å². The third kappa shape index (κ3) is 3.72. The molecule has 0 spiro atoms. The van der Waals surface area contributed by atoms with Gasteiger partial charge in [0.05, 0.1) is 6.07 Å². The molecule has 0 unspecified atom stereocenters. The van der Waals surface area contributed by atoms with Crippen molar-refractivity contribution in [1.82, 2.24) is 9.97 Å². The van der Waals surface area contributed by atoms with Crippen LogP contribution in [0.4, 0.5) is 0 Å². The Labute approximate surface area is 100 Å². The zero-order chi connectivity index (χ0) is 12.5. The molecule has 1 heterocycles. The van der Waals surface area contributed by atoms with Crippen molar-refractivity contribution in [3.63, 3.8) is 0 Å². The van der Waals surface area contributed by atoms with Crippen LogP contribution >= 0.6 is 0 Å². The van der Waals surface area contributed by atoms with Crippen molar-refractivity contribution < 1.29 is 0 Å². The Hall–Kier alpha value is -2.16. The maximum Gasteiger partial charge on any atom is 0.137 e. The maximum absolute atomic E-state index is 8.47. The number of H-pyrrole nitrogens is 1. The van der Waals surface area contributed by atoms with Gasteiger partial charge in [-0.1, -0.05) is 30.3 Å². The van der Waals surface area contributed by atoms with Gasteiger partial charge in [0.25, 0.3) is 0 Å². The Bertz CT molecular complexity index is 469. The summed E-state index contributed by atoms with van der Waals surface area (Å²) in [6.45, 7) is 0. The number of hydrazine groups is 1. The van der Waals surface area contributed by atoms with E-state index in [1.807, 2.05) is 30.3 Å². The molecule has 2 rings (SSSR count). The minimum absolute atomic E-state index is 0.524. The van der Waals surface area contributed by atoms with Crippen molar-refractivity contribution in [2.45, 2.75) is 12.8 Å². The monoisotopic (exact) mass is 229 g/mol. The summed E-state index contributed by atoms with van der Waals surface area (Å²) < 4.78 is 0. The number of aryl methyl sites for hydroxylation is 1. The van der Waals surface area contributed by atoms with Crippen molar-refractivity contribution in [1.29, 1.82) is 5.26 Å². The lowest BCUT2D eigenvalue weighted by atomic mass is 10.2. The summed E-state index contributed by atoms with van der Waals surface area (Å²) in [5, 5.41) is 8.47. The van der Waals surface area contributed by atoms with Gasteiger partial charge in [-0.05, 0) is 0 Å². The number of nitriles is 1. The molecule has 17 heavy (non-hydrogen) atoms. The summed E-state index contributed by atoms with van der Waals surface area (Å²) in [6.07, 6.45) is 3.05. The fraction of sp³-hybridized carbons (Fsp3) is 0.167. The number of aromatic nitrogens is 2. The number of aromatic amines is 1. The molecule has 2 aromatic rings. The van der Waals surface area contributed by atoms with Crippen LogP contribution in [-0.2, 0) is 6.42 Å². The van der Waals surface area contributed by atoms with E-state index in [0.29, 0.717) is 6.42 Å². The molecule has 88 valence electrons. The highest BCUT2D eigenvalue weighted by Crippen LogP contribution is 2.14. The highest BCUT2D eigenvalue weighted by Gasteiger charge is 2.01. The first kappa shape index (κ1) is 12.9. The van der Waals surface area contributed by atoms with E-state index in [-0.39, 0.29) is 0 Å². The van der Waals surface area contributed by atoms with Crippen LogP contribution in [0.2, 0.25) is 0 Å². The van der Waals surface area contributed by atoms with Crippen LogP contribution in [0, 0.1) is 11.3 Å². The second kappa shape index (κ2) is 7.17. The molecule has 1 aromatic carbocycles. The summed E-state index contributed by atoms with van der Waals surface area (Å²) in [6, 6.07) is 12.1. The number of rotatable bonds is 3. The molecule has 0 aliphatic carbocycles. The first-order chi connectivity index (χ1) is 8.40. The number of nitrogens with one attached hydrogen (secondary N) is 1. The summed E-state index contributed by atoms with van der Waals surface area (Å²) in [7, 11) is 0. The lowest BCUT2D eigenvalue weighted by Crippen LogP contribution is -2.02. The molecular weight excluding hydrogens is 214 g/mol. The molecule has 5 nitrogen and oxygen atoms in total. The van der Waals surface area contributed by atoms with Gasteiger partial charge in [0.2, 0.25) is 0 Å². The molecule has 5 heteroatoms. The molecular formula is C12H15N5. The van der Waals surface area contributed by atoms with Crippen molar-refractivity contribution >= 4 is 0 Å². The van der Waals surface area contributed by atoms with Gasteiger partial charge in [-0.2, -0.15) is 5.26 Å². The van der Waals surface area contributed by atoms with Crippen molar-refractivity contribution in [2.24, 2.45) is 11.7 Å². The van der Waals surface area contributed by atoms with E-state index in [1.54, 1.807) is 6.20 Å². The van der Waals surface area contributed by atoms with Gasteiger partial charge in [-0.3, -0.25) is 11.7 Å². The number of hydrogen-bond donors (Lipinski definition) is 3. The molecule has 0 aliphatic rings. The Kier molecular flexibility index (Phi) is 5.44. The smallest absolute Gasteiger partial charge is 0.137 e. The Morgan fingerprint density at radius 2 is 1.94 bits per heavy atom. The van der Waals surface area contributed by atoms with Gasteiger partial charge in [0, 0.05) is 30.3 Å². The van der Waals surface area contributed by atoms with E-state index in [2.05, 4.69) is 27.7 Å². The minimum Gasteiger partial charge on any atom is -0.342 e. The second-order valence-electron chi connectivity index (χ2n) is 3.28. The summed E-state index contributed by atoms with van der Waals surface area (Å²) in [5.74, 6) is 8.86. The predicted molar refractivity (Wildman–Crippen MR) is 66.3 cm³/mol. The Morgan fingerprint density at radius 1 is 1.24 bits per heavy atom. The van der Waals surface area contributed by atoms with Crippen LogP contribution in [0.1, 0.15) is 12.1 Å². The highest BCUT2D eigenvalue weighted by molar-refractivity contribution is 5.54. The van der Waals surface area contributed by atoms with E-state index in [9.17, 15) is 0 Å². The van der Waals surface area contributed by atoms with E-state index < -0.39 is 0 Å². The van der Waals surface area contributed by atoms with Gasteiger partial charge < -0.3 is 4.98 Å². The Balaban J connectivity index is 0.000000686. The molecule has 0 atom stereocenters. The van der Waals surface area contributed by atoms with Crippen LogP contribution in [0.15, 0.2) is 36.5 Å². The summed E-state index contributed by atoms with van der Waals surface area (Å²) in [5.41, 5.74) is 2.08. The van der Waals surface area contributed by atoms with E-state index in [0.717, 1.165) is 23.5 Å². The lowest BCUT2D eigenvalue weighted by molar-refractivity contribution is 0.968. The number of nitrogens with two attached hydrogens (primary N) is 2. The molecule has 0 fully saturated rings. The van der Waals surface area contributed by atoms with E-state index in [1.165, 1.54) is 0 Å². The fourth-order valence-electron chi connectivity index (χ4n) is 1.42. The first-order valence-corrected chi connectivity index (χ1v) is 5.20. The minimum atomic E-state index is 0.524. The average molecular weight is 229 g/mol. The standard InChI is InChI=1S/C12H11N3.H4N2/c13-8-4-7-11-9-14-12(15-11)10-5-2-1-3-6-10;1-2/h1-3,5-6,9H,4,7H2,(H,14,15);1-2H2. The van der Waals surface area contributed by atoms with Crippen molar-refractivity contribution in [2.75, 3.05) is 0 Å². The van der Waals surface area contributed by atoms with Crippen LogP contribution in [0.25, 0.3) is 11.4 Å². The molecule has 0 bridgehead atoms. The third-order valence-corrected chi connectivity index (χ3v) is 2.18. The van der Waals surface area contributed by atoms with Crippen LogP contribution in [0.3, 0.4) is 0 Å². The molecule has 1 aromatic heterocycles. The topological polar surface area (TPSA) is 105 Å². The summed E-state index contributed by atoms with van der Waals surface area (Å²) in [4.78, 5) is 7.48. The number of nitrogens with zero attached hydrogens (tertiary/aromatic N) is 2. The number of imidazole rings is 1. The molecule has 0 saturated carbocycles. The SMILES string of the molecule is N#CCCc1cnc(-c2ccccc2)[nH]1.NN. The van der Waals surface area contributed by atoms with Gasteiger partial charge in [0.1, 0.15) is 5.82 Å².